The Hall–Kier alpha value is -1.13. The number of phenols is 1. The molecule has 0 aromatic heterocycles. The maximum atomic E-state index is 13.1. The Morgan fingerprint density at radius 2 is 2.15 bits per heavy atom. The molecule has 13 heavy (non-hydrogen) atoms. The molecule has 0 radical (unpaired) electrons. The maximum Gasteiger partial charge on any atom is 0.168 e. The molecule has 3 nitrogen and oxygen atoms in total. The Kier molecular flexibility index (Phi) is 2.85. The summed E-state index contributed by atoms with van der Waals surface area (Å²) in [4.78, 5) is 0. The van der Waals surface area contributed by atoms with Gasteiger partial charge in [0.15, 0.2) is 11.6 Å². The summed E-state index contributed by atoms with van der Waals surface area (Å²) in [6, 6.07) is 2.64. The summed E-state index contributed by atoms with van der Waals surface area (Å²) < 4.78 is 13.1. The van der Waals surface area contributed by atoms with Gasteiger partial charge >= 0.3 is 0 Å². The Labute approximate surface area is 76.2 Å². The van der Waals surface area contributed by atoms with Crippen LogP contribution >= 0.6 is 0 Å². The topological polar surface area (TPSA) is 72.3 Å². The first kappa shape index (κ1) is 9.95. The number of benzene rings is 1. The molecule has 1 atom stereocenters. The summed E-state index contributed by atoms with van der Waals surface area (Å²) in [6.07, 6.45) is 0. The standard InChI is InChI=1S/C9H13FN2O/c1-5-2-3-6(7(12)4-11)9(13)8(5)10/h2-3,7,13H,4,11-12H2,1H3. The van der Waals surface area contributed by atoms with Crippen molar-refractivity contribution >= 4 is 0 Å². The number of hydrogen-bond acceptors (Lipinski definition) is 3. The first-order valence-corrected chi connectivity index (χ1v) is 4.01. The number of halogens is 1. The van der Waals surface area contributed by atoms with Gasteiger partial charge in [-0.15, -0.1) is 0 Å². The van der Waals surface area contributed by atoms with Gasteiger partial charge in [-0.3, -0.25) is 0 Å². The number of aryl methyl sites for hydroxylation is 1. The number of rotatable bonds is 2. The van der Waals surface area contributed by atoms with Gasteiger partial charge < -0.3 is 16.6 Å². The normalized spacial score (nSPS) is 12.9. The third kappa shape index (κ3) is 1.79. The molecule has 0 saturated carbocycles. The molecular weight excluding hydrogens is 171 g/mol. The van der Waals surface area contributed by atoms with E-state index in [1.807, 2.05) is 0 Å². The van der Waals surface area contributed by atoms with Gasteiger partial charge in [0.1, 0.15) is 0 Å². The van der Waals surface area contributed by atoms with Crippen molar-refractivity contribution in [2.75, 3.05) is 6.54 Å². The first-order chi connectivity index (χ1) is 6.07. The summed E-state index contributed by atoms with van der Waals surface area (Å²) >= 11 is 0. The van der Waals surface area contributed by atoms with Crippen LogP contribution in [0, 0.1) is 12.7 Å². The molecule has 1 rings (SSSR count). The second kappa shape index (κ2) is 3.72. The van der Waals surface area contributed by atoms with Crippen molar-refractivity contribution < 1.29 is 9.50 Å². The van der Waals surface area contributed by atoms with Crippen molar-refractivity contribution in [1.82, 2.24) is 0 Å². The fourth-order valence-corrected chi connectivity index (χ4v) is 1.11. The van der Waals surface area contributed by atoms with E-state index in [1.54, 1.807) is 19.1 Å². The van der Waals surface area contributed by atoms with Crippen molar-refractivity contribution in [3.05, 3.63) is 29.1 Å². The van der Waals surface area contributed by atoms with E-state index in [4.69, 9.17) is 11.5 Å². The molecule has 0 aliphatic rings. The van der Waals surface area contributed by atoms with E-state index < -0.39 is 17.6 Å². The highest BCUT2D eigenvalue weighted by molar-refractivity contribution is 5.39. The predicted octanol–water partition coefficient (Wildman–Crippen LogP) is 0.798. The van der Waals surface area contributed by atoms with Crippen LogP contribution in [0.5, 0.6) is 5.75 Å². The lowest BCUT2D eigenvalue weighted by molar-refractivity contribution is 0.419. The fourth-order valence-electron chi connectivity index (χ4n) is 1.11. The average Bonchev–Trinajstić information content (AvgIpc) is 2.13. The number of hydrogen-bond donors (Lipinski definition) is 3. The number of nitrogens with two attached hydrogens (primary N) is 2. The Morgan fingerprint density at radius 3 is 2.69 bits per heavy atom. The van der Waals surface area contributed by atoms with Crippen molar-refractivity contribution in [2.24, 2.45) is 11.5 Å². The fraction of sp³-hybridized carbons (Fsp3) is 0.333. The van der Waals surface area contributed by atoms with Crippen LogP contribution in [0.4, 0.5) is 4.39 Å². The highest BCUT2D eigenvalue weighted by Gasteiger charge is 2.14. The smallest absolute Gasteiger partial charge is 0.168 e. The zero-order chi connectivity index (χ0) is 10.0. The second-order valence-corrected chi connectivity index (χ2v) is 2.98. The van der Waals surface area contributed by atoms with Gasteiger partial charge in [0.05, 0.1) is 0 Å². The first-order valence-electron chi connectivity index (χ1n) is 4.01. The lowest BCUT2D eigenvalue weighted by Crippen LogP contribution is -2.21. The van der Waals surface area contributed by atoms with Gasteiger partial charge in [-0.2, -0.15) is 0 Å². The molecule has 72 valence electrons. The summed E-state index contributed by atoms with van der Waals surface area (Å²) in [6.45, 7) is 1.75. The van der Waals surface area contributed by atoms with E-state index in [0.717, 1.165) is 0 Å². The minimum Gasteiger partial charge on any atom is -0.505 e. The van der Waals surface area contributed by atoms with Gasteiger partial charge in [-0.05, 0) is 12.5 Å². The summed E-state index contributed by atoms with van der Waals surface area (Å²) in [7, 11) is 0. The molecular formula is C9H13FN2O. The summed E-state index contributed by atoms with van der Waals surface area (Å²) in [5.74, 6) is -1.01. The van der Waals surface area contributed by atoms with Crippen LogP contribution in [0.2, 0.25) is 0 Å². The van der Waals surface area contributed by atoms with Crippen LogP contribution in [-0.2, 0) is 0 Å². The zero-order valence-corrected chi connectivity index (χ0v) is 7.42. The third-order valence-corrected chi connectivity index (χ3v) is 1.99. The average molecular weight is 184 g/mol. The van der Waals surface area contributed by atoms with Crippen LogP contribution in [0.1, 0.15) is 17.2 Å². The van der Waals surface area contributed by atoms with Crippen molar-refractivity contribution in [3.8, 4) is 5.75 Å². The molecule has 0 saturated heterocycles. The Bertz CT molecular complexity index is 315. The summed E-state index contributed by atoms with van der Waals surface area (Å²) in [5.41, 5.74) is 11.6. The highest BCUT2D eigenvalue weighted by Crippen LogP contribution is 2.27. The molecule has 5 N–H and O–H groups in total. The lowest BCUT2D eigenvalue weighted by atomic mass is 10.0. The van der Waals surface area contributed by atoms with Crippen LogP contribution in [0.25, 0.3) is 0 Å². The molecule has 0 heterocycles. The molecule has 1 aromatic carbocycles. The molecule has 0 aliphatic carbocycles. The van der Waals surface area contributed by atoms with E-state index in [0.29, 0.717) is 11.1 Å². The zero-order valence-electron chi connectivity index (χ0n) is 7.42. The predicted molar refractivity (Wildman–Crippen MR) is 48.8 cm³/mol. The molecule has 0 aliphatic heterocycles. The lowest BCUT2D eigenvalue weighted by Gasteiger charge is -2.12. The number of phenolic OH excluding ortho intramolecular Hbond substituents is 1. The molecule has 0 amide bonds. The second-order valence-electron chi connectivity index (χ2n) is 2.98. The summed E-state index contributed by atoms with van der Waals surface area (Å²) in [5, 5.41) is 9.37. The minimum atomic E-state index is -0.624. The highest BCUT2D eigenvalue weighted by atomic mass is 19.1. The van der Waals surface area contributed by atoms with E-state index in [-0.39, 0.29) is 6.54 Å². The number of aromatic hydroxyl groups is 1. The molecule has 0 fully saturated rings. The molecule has 1 unspecified atom stereocenters. The molecule has 1 aromatic rings. The van der Waals surface area contributed by atoms with Gasteiger partial charge in [0, 0.05) is 18.2 Å². The van der Waals surface area contributed by atoms with Crippen LogP contribution < -0.4 is 11.5 Å². The quantitative estimate of drug-likeness (QED) is 0.636. The van der Waals surface area contributed by atoms with Gasteiger partial charge in [0.2, 0.25) is 0 Å². The van der Waals surface area contributed by atoms with Gasteiger partial charge in [-0.1, -0.05) is 12.1 Å². The van der Waals surface area contributed by atoms with Crippen LogP contribution in [0.15, 0.2) is 12.1 Å². The SMILES string of the molecule is Cc1ccc(C(N)CN)c(O)c1F. The molecule has 0 spiro atoms. The van der Waals surface area contributed by atoms with Gasteiger partial charge in [0.25, 0.3) is 0 Å². The van der Waals surface area contributed by atoms with Crippen molar-refractivity contribution in [1.29, 1.82) is 0 Å². The van der Waals surface area contributed by atoms with E-state index in [1.165, 1.54) is 0 Å². The third-order valence-electron chi connectivity index (χ3n) is 1.99. The van der Waals surface area contributed by atoms with Crippen molar-refractivity contribution in [3.63, 3.8) is 0 Å². The van der Waals surface area contributed by atoms with E-state index >= 15 is 0 Å². The van der Waals surface area contributed by atoms with Crippen LogP contribution in [0.3, 0.4) is 0 Å². The van der Waals surface area contributed by atoms with Crippen LogP contribution in [-0.4, -0.2) is 11.7 Å². The largest absolute Gasteiger partial charge is 0.505 e. The van der Waals surface area contributed by atoms with E-state index in [2.05, 4.69) is 0 Å². The maximum absolute atomic E-state index is 13.1. The Morgan fingerprint density at radius 1 is 1.54 bits per heavy atom. The minimum absolute atomic E-state index is 0.177. The molecule has 4 heteroatoms. The monoisotopic (exact) mass is 184 g/mol. The molecule has 0 bridgehead atoms. The Balaban J connectivity index is 3.18. The van der Waals surface area contributed by atoms with Gasteiger partial charge in [-0.25, -0.2) is 4.39 Å². The van der Waals surface area contributed by atoms with E-state index in [9.17, 15) is 9.50 Å². The van der Waals surface area contributed by atoms with Crippen molar-refractivity contribution in [2.45, 2.75) is 13.0 Å².